The Hall–Kier alpha value is -1.55. The first-order valence-electron chi connectivity index (χ1n) is 4.87. The first-order valence-corrected chi connectivity index (χ1v) is 4.87. The summed E-state index contributed by atoms with van der Waals surface area (Å²) in [5.41, 5.74) is 0.752. The number of nitrogens with one attached hydrogen (secondary N) is 1. The molecule has 0 heterocycles. The van der Waals surface area contributed by atoms with Gasteiger partial charge in [0.1, 0.15) is 12.4 Å². The summed E-state index contributed by atoms with van der Waals surface area (Å²) in [5.74, 6) is 0.770. The molecule has 0 saturated carbocycles. The number of amides is 1. The average molecular weight is 209 g/mol. The van der Waals surface area contributed by atoms with Gasteiger partial charge in [-0.25, -0.2) is 0 Å². The van der Waals surface area contributed by atoms with Gasteiger partial charge in [-0.15, -0.1) is 0 Å². The molecule has 1 aromatic carbocycles. The van der Waals surface area contributed by atoms with E-state index in [2.05, 4.69) is 5.32 Å². The number of carbonyl (C=O) groups is 1. The van der Waals surface area contributed by atoms with Crippen LogP contribution in [-0.2, 0) is 9.53 Å². The van der Waals surface area contributed by atoms with Crippen LogP contribution in [0.4, 0.5) is 5.69 Å². The molecule has 82 valence electrons. The highest BCUT2D eigenvalue weighted by Gasteiger charge is 1.94. The van der Waals surface area contributed by atoms with Crippen molar-refractivity contribution in [2.75, 3.05) is 25.1 Å². The van der Waals surface area contributed by atoms with Gasteiger partial charge in [-0.2, -0.15) is 0 Å². The maximum absolute atomic E-state index is 10.1. The Kier molecular flexibility index (Phi) is 5.25. The van der Waals surface area contributed by atoms with Crippen LogP contribution in [-0.4, -0.2) is 26.2 Å². The van der Waals surface area contributed by atoms with E-state index in [1.165, 1.54) is 0 Å². The normalized spacial score (nSPS) is 9.67. The fourth-order valence-electron chi connectivity index (χ4n) is 1.08. The molecule has 0 radical (unpaired) electrons. The molecule has 0 aliphatic heterocycles. The summed E-state index contributed by atoms with van der Waals surface area (Å²) < 4.78 is 10.5. The number of hydrogen-bond donors (Lipinski definition) is 1. The minimum atomic E-state index is 0.536. The summed E-state index contributed by atoms with van der Waals surface area (Å²) in [6.07, 6.45) is 0.644. The maximum atomic E-state index is 10.1. The van der Waals surface area contributed by atoms with Gasteiger partial charge in [0.25, 0.3) is 0 Å². The Labute approximate surface area is 89.2 Å². The summed E-state index contributed by atoms with van der Waals surface area (Å²) in [7, 11) is 0. The van der Waals surface area contributed by atoms with E-state index >= 15 is 0 Å². The molecule has 1 aromatic rings. The minimum Gasteiger partial charge on any atom is -0.491 e. The Bertz CT molecular complexity index is 284. The Morgan fingerprint density at radius 2 is 2.00 bits per heavy atom. The topological polar surface area (TPSA) is 47.6 Å². The molecule has 15 heavy (non-hydrogen) atoms. The van der Waals surface area contributed by atoms with Gasteiger partial charge in [-0.3, -0.25) is 4.79 Å². The fourth-order valence-corrected chi connectivity index (χ4v) is 1.08. The molecule has 0 aliphatic carbocycles. The third-order valence-electron chi connectivity index (χ3n) is 1.78. The summed E-state index contributed by atoms with van der Waals surface area (Å²) in [6, 6.07) is 7.17. The van der Waals surface area contributed by atoms with Gasteiger partial charge in [0.2, 0.25) is 6.41 Å². The first kappa shape index (κ1) is 11.5. The molecule has 0 aliphatic rings. The lowest BCUT2D eigenvalue weighted by atomic mass is 10.3. The lowest BCUT2D eigenvalue weighted by molar-refractivity contribution is -0.105. The van der Waals surface area contributed by atoms with Crippen molar-refractivity contribution in [1.29, 1.82) is 0 Å². The molecule has 0 fully saturated rings. The first-order chi connectivity index (χ1) is 7.36. The van der Waals surface area contributed by atoms with E-state index in [1.54, 1.807) is 24.3 Å². The van der Waals surface area contributed by atoms with Crippen molar-refractivity contribution in [1.82, 2.24) is 0 Å². The van der Waals surface area contributed by atoms with E-state index in [9.17, 15) is 4.79 Å². The summed E-state index contributed by atoms with van der Waals surface area (Å²) in [5, 5.41) is 2.55. The predicted octanol–water partition coefficient (Wildman–Crippen LogP) is 1.67. The molecule has 4 nitrogen and oxygen atoms in total. The van der Waals surface area contributed by atoms with Crippen molar-refractivity contribution in [3.8, 4) is 5.75 Å². The van der Waals surface area contributed by atoms with E-state index in [1.807, 2.05) is 6.92 Å². The van der Waals surface area contributed by atoms with Crippen molar-refractivity contribution in [3.63, 3.8) is 0 Å². The molecule has 0 spiro atoms. The number of ether oxygens (including phenoxy) is 2. The van der Waals surface area contributed by atoms with Crippen LogP contribution in [0.3, 0.4) is 0 Å². The van der Waals surface area contributed by atoms with E-state index < -0.39 is 0 Å². The molecule has 1 N–H and O–H groups in total. The van der Waals surface area contributed by atoms with Crippen LogP contribution in [0.1, 0.15) is 6.92 Å². The smallest absolute Gasteiger partial charge is 0.211 e. The maximum Gasteiger partial charge on any atom is 0.211 e. The molecule has 0 saturated heterocycles. The van der Waals surface area contributed by atoms with Crippen molar-refractivity contribution < 1.29 is 14.3 Å². The third kappa shape index (κ3) is 4.46. The van der Waals surface area contributed by atoms with E-state index in [-0.39, 0.29) is 0 Å². The highest BCUT2D eigenvalue weighted by atomic mass is 16.5. The Balaban J connectivity index is 2.32. The number of anilines is 1. The zero-order valence-corrected chi connectivity index (χ0v) is 8.73. The number of carbonyl (C=O) groups excluding carboxylic acids is 1. The van der Waals surface area contributed by atoms with Gasteiger partial charge in [-0.05, 0) is 31.2 Å². The standard InChI is InChI=1S/C11H15NO3/c1-2-14-7-8-15-11-5-3-10(4-6-11)12-9-13/h3-6,9H,2,7-8H2,1H3,(H,12,13). The molecule has 4 heteroatoms. The molecular weight excluding hydrogens is 194 g/mol. The second-order valence-corrected chi connectivity index (χ2v) is 2.83. The molecule has 0 unspecified atom stereocenters. The number of hydrogen-bond acceptors (Lipinski definition) is 3. The van der Waals surface area contributed by atoms with Crippen molar-refractivity contribution >= 4 is 12.1 Å². The number of rotatable bonds is 7. The number of benzene rings is 1. The SMILES string of the molecule is CCOCCOc1ccc(NC=O)cc1. The van der Waals surface area contributed by atoms with Gasteiger partial charge < -0.3 is 14.8 Å². The van der Waals surface area contributed by atoms with Crippen LogP contribution >= 0.6 is 0 Å². The molecule has 1 amide bonds. The van der Waals surface area contributed by atoms with Crippen LogP contribution in [0.5, 0.6) is 5.75 Å². The lowest BCUT2D eigenvalue weighted by Crippen LogP contribution is -2.06. The van der Waals surface area contributed by atoms with E-state index in [0.717, 1.165) is 11.4 Å². The highest BCUT2D eigenvalue weighted by Crippen LogP contribution is 2.14. The third-order valence-corrected chi connectivity index (χ3v) is 1.78. The minimum absolute atomic E-state index is 0.536. The van der Waals surface area contributed by atoms with Gasteiger partial charge in [0.15, 0.2) is 0 Å². The zero-order chi connectivity index (χ0) is 10.9. The molecule has 1 rings (SSSR count). The second kappa shape index (κ2) is 6.84. The average Bonchev–Trinajstić information content (AvgIpc) is 2.27. The van der Waals surface area contributed by atoms with E-state index in [0.29, 0.717) is 26.2 Å². The van der Waals surface area contributed by atoms with Crippen LogP contribution in [0.15, 0.2) is 24.3 Å². The summed E-state index contributed by atoms with van der Waals surface area (Å²) >= 11 is 0. The zero-order valence-electron chi connectivity index (χ0n) is 8.73. The van der Waals surface area contributed by atoms with Gasteiger partial charge in [0.05, 0.1) is 6.61 Å². The summed E-state index contributed by atoms with van der Waals surface area (Å²) in [6.45, 7) is 3.77. The van der Waals surface area contributed by atoms with Gasteiger partial charge in [-0.1, -0.05) is 0 Å². The molecular formula is C11H15NO3. The van der Waals surface area contributed by atoms with Gasteiger partial charge in [0, 0.05) is 12.3 Å². The Morgan fingerprint density at radius 3 is 2.60 bits per heavy atom. The van der Waals surface area contributed by atoms with Gasteiger partial charge >= 0.3 is 0 Å². The van der Waals surface area contributed by atoms with Crippen LogP contribution in [0.2, 0.25) is 0 Å². The van der Waals surface area contributed by atoms with E-state index in [4.69, 9.17) is 9.47 Å². The lowest BCUT2D eigenvalue weighted by Gasteiger charge is -2.06. The molecule has 0 aromatic heterocycles. The van der Waals surface area contributed by atoms with Crippen LogP contribution < -0.4 is 10.1 Å². The van der Waals surface area contributed by atoms with Crippen molar-refractivity contribution in [2.45, 2.75) is 6.92 Å². The fraction of sp³-hybridized carbons (Fsp3) is 0.364. The predicted molar refractivity (Wildman–Crippen MR) is 58.1 cm³/mol. The van der Waals surface area contributed by atoms with Crippen LogP contribution in [0, 0.1) is 0 Å². The largest absolute Gasteiger partial charge is 0.491 e. The highest BCUT2D eigenvalue weighted by molar-refractivity contribution is 5.71. The quantitative estimate of drug-likeness (QED) is 0.549. The molecule has 0 bridgehead atoms. The monoisotopic (exact) mass is 209 g/mol. The second-order valence-electron chi connectivity index (χ2n) is 2.83. The Morgan fingerprint density at radius 1 is 1.27 bits per heavy atom. The summed E-state index contributed by atoms with van der Waals surface area (Å²) in [4.78, 5) is 10.1. The van der Waals surface area contributed by atoms with Crippen molar-refractivity contribution in [2.24, 2.45) is 0 Å². The van der Waals surface area contributed by atoms with Crippen LogP contribution in [0.25, 0.3) is 0 Å². The van der Waals surface area contributed by atoms with Crippen molar-refractivity contribution in [3.05, 3.63) is 24.3 Å². The molecule has 0 atom stereocenters.